The maximum absolute atomic E-state index is 13.5. The van der Waals surface area contributed by atoms with E-state index in [1.807, 2.05) is 54.5 Å². The standard InChI is InChI=1S/C33H44N2O6S/c1-23-8-6-7-11-26(23)28-20-25(12-13-27(28)31(36)34-29(33(38)39)14-19-42-2)22-41-30(21-24-9-4-3-5-10-24)32(37)35-15-17-40-18-16-35/h6-8,11-13,20,24,29-30H,3-5,9-10,14-19,21-22H2,1-2H3,(H,34,36)(H,38,39)/t29-,30?/m0/s1. The zero-order valence-electron chi connectivity index (χ0n) is 24.8. The predicted octanol–water partition coefficient (Wildman–Crippen LogP) is 5.31. The number of carbonyl (C=O) groups is 3. The van der Waals surface area contributed by atoms with Gasteiger partial charge >= 0.3 is 5.97 Å². The first-order valence-corrected chi connectivity index (χ1v) is 16.5. The van der Waals surface area contributed by atoms with Gasteiger partial charge in [-0.05, 0) is 72.1 Å². The molecule has 2 atom stereocenters. The smallest absolute Gasteiger partial charge is 0.326 e. The lowest BCUT2D eigenvalue weighted by Gasteiger charge is -2.32. The van der Waals surface area contributed by atoms with E-state index < -0.39 is 24.0 Å². The molecule has 1 saturated heterocycles. The Balaban J connectivity index is 1.57. The third-order valence-corrected chi connectivity index (χ3v) is 8.94. The van der Waals surface area contributed by atoms with Crippen LogP contribution in [0.2, 0.25) is 0 Å². The number of morpholine rings is 1. The number of aliphatic carboxylic acids is 1. The number of hydrogen-bond donors (Lipinski definition) is 2. The van der Waals surface area contributed by atoms with E-state index in [9.17, 15) is 19.5 Å². The molecule has 42 heavy (non-hydrogen) atoms. The monoisotopic (exact) mass is 596 g/mol. The van der Waals surface area contributed by atoms with Gasteiger partial charge in [-0.15, -0.1) is 0 Å². The van der Waals surface area contributed by atoms with Crippen molar-refractivity contribution < 1.29 is 29.0 Å². The number of benzene rings is 2. The van der Waals surface area contributed by atoms with Crippen molar-refractivity contribution in [2.24, 2.45) is 5.92 Å². The second-order valence-corrected chi connectivity index (χ2v) is 12.3. The summed E-state index contributed by atoms with van der Waals surface area (Å²) in [5, 5.41) is 12.4. The first-order chi connectivity index (χ1) is 20.4. The zero-order chi connectivity index (χ0) is 29.9. The molecule has 0 radical (unpaired) electrons. The SMILES string of the molecule is CSCC[C@H](NC(=O)c1ccc(COC(CC2CCCCC2)C(=O)N2CCOCC2)cc1-c1ccccc1C)C(=O)O. The largest absolute Gasteiger partial charge is 0.480 e. The number of carbonyl (C=O) groups excluding carboxylic acids is 2. The Kier molecular flexibility index (Phi) is 12.3. The predicted molar refractivity (Wildman–Crippen MR) is 166 cm³/mol. The van der Waals surface area contributed by atoms with E-state index in [1.54, 1.807) is 17.8 Å². The average molecular weight is 597 g/mol. The topological polar surface area (TPSA) is 105 Å². The van der Waals surface area contributed by atoms with Gasteiger partial charge < -0.3 is 24.8 Å². The molecule has 2 N–H and O–H groups in total. The van der Waals surface area contributed by atoms with Crippen molar-refractivity contribution in [1.29, 1.82) is 0 Å². The van der Waals surface area contributed by atoms with Crippen LogP contribution in [0.15, 0.2) is 42.5 Å². The fourth-order valence-corrected chi connectivity index (χ4v) is 6.33. The molecule has 2 fully saturated rings. The first-order valence-electron chi connectivity index (χ1n) is 15.1. The molecule has 9 heteroatoms. The van der Waals surface area contributed by atoms with Crippen LogP contribution in [0.3, 0.4) is 0 Å². The van der Waals surface area contributed by atoms with E-state index in [2.05, 4.69) is 5.32 Å². The van der Waals surface area contributed by atoms with E-state index in [0.717, 1.165) is 29.5 Å². The fraction of sp³-hybridized carbons (Fsp3) is 0.545. The van der Waals surface area contributed by atoms with Gasteiger partial charge in [-0.1, -0.05) is 62.4 Å². The second-order valence-electron chi connectivity index (χ2n) is 11.3. The van der Waals surface area contributed by atoms with E-state index in [-0.39, 0.29) is 12.5 Å². The summed E-state index contributed by atoms with van der Waals surface area (Å²) in [5.74, 6) is -0.330. The third-order valence-electron chi connectivity index (χ3n) is 8.30. The molecule has 1 aliphatic heterocycles. The third kappa shape index (κ3) is 8.82. The van der Waals surface area contributed by atoms with Crippen LogP contribution in [-0.2, 0) is 25.7 Å². The van der Waals surface area contributed by atoms with Crippen molar-refractivity contribution in [1.82, 2.24) is 10.2 Å². The average Bonchev–Trinajstić information content (AvgIpc) is 3.01. The minimum atomic E-state index is -1.05. The molecule has 4 rings (SSSR count). The maximum atomic E-state index is 13.5. The van der Waals surface area contributed by atoms with Crippen molar-refractivity contribution in [3.05, 3.63) is 59.2 Å². The molecular weight excluding hydrogens is 552 g/mol. The van der Waals surface area contributed by atoms with Crippen LogP contribution in [0.4, 0.5) is 0 Å². The molecule has 1 aliphatic carbocycles. The number of hydrogen-bond acceptors (Lipinski definition) is 6. The van der Waals surface area contributed by atoms with E-state index in [1.165, 1.54) is 19.3 Å². The number of carboxylic acids is 1. The van der Waals surface area contributed by atoms with Gasteiger partial charge in [-0.25, -0.2) is 4.79 Å². The summed E-state index contributed by atoms with van der Waals surface area (Å²) in [5.41, 5.74) is 3.86. The summed E-state index contributed by atoms with van der Waals surface area (Å²) >= 11 is 1.54. The number of nitrogens with zero attached hydrogens (tertiary/aromatic N) is 1. The molecule has 0 aromatic heterocycles. The van der Waals surface area contributed by atoms with Gasteiger partial charge in [-0.2, -0.15) is 11.8 Å². The Morgan fingerprint density at radius 1 is 1.07 bits per heavy atom. The number of nitrogens with one attached hydrogen (secondary N) is 1. The molecule has 8 nitrogen and oxygen atoms in total. The minimum Gasteiger partial charge on any atom is -0.480 e. The lowest BCUT2D eigenvalue weighted by Crippen LogP contribution is -2.47. The van der Waals surface area contributed by atoms with Gasteiger partial charge in [0.25, 0.3) is 11.8 Å². The summed E-state index contributed by atoms with van der Waals surface area (Å²) in [6, 6.07) is 12.4. The van der Waals surface area contributed by atoms with Crippen molar-refractivity contribution in [3.63, 3.8) is 0 Å². The van der Waals surface area contributed by atoms with Gasteiger partial charge in [0.1, 0.15) is 12.1 Å². The number of amides is 2. The van der Waals surface area contributed by atoms with Crippen molar-refractivity contribution in [2.45, 2.75) is 70.6 Å². The Bertz CT molecular complexity index is 1210. The highest BCUT2D eigenvalue weighted by Gasteiger charge is 2.30. The van der Waals surface area contributed by atoms with Gasteiger partial charge in [-0.3, -0.25) is 9.59 Å². The second kappa shape index (κ2) is 16.1. The Morgan fingerprint density at radius 2 is 1.81 bits per heavy atom. The van der Waals surface area contributed by atoms with Crippen molar-refractivity contribution >= 4 is 29.5 Å². The van der Waals surface area contributed by atoms with E-state index in [0.29, 0.717) is 61.9 Å². The Morgan fingerprint density at radius 3 is 2.50 bits per heavy atom. The summed E-state index contributed by atoms with van der Waals surface area (Å²) in [6.45, 7) is 4.48. The zero-order valence-corrected chi connectivity index (χ0v) is 25.6. The van der Waals surface area contributed by atoms with Crippen LogP contribution in [0, 0.1) is 12.8 Å². The molecule has 1 unspecified atom stereocenters. The molecule has 2 amide bonds. The highest BCUT2D eigenvalue weighted by molar-refractivity contribution is 7.98. The Hall–Kier alpha value is -2.88. The van der Waals surface area contributed by atoms with Gasteiger partial charge in [0.2, 0.25) is 0 Å². The van der Waals surface area contributed by atoms with Crippen molar-refractivity contribution in [3.8, 4) is 11.1 Å². The van der Waals surface area contributed by atoms with E-state index in [4.69, 9.17) is 9.47 Å². The molecular formula is C33H44N2O6S. The Labute approximate surface area is 253 Å². The normalized spacial score (nSPS) is 17.4. The lowest BCUT2D eigenvalue weighted by atomic mass is 9.85. The first kappa shape index (κ1) is 32.0. The molecule has 1 saturated carbocycles. The molecule has 2 aromatic rings. The van der Waals surface area contributed by atoms with Gasteiger partial charge in [0.05, 0.1) is 19.8 Å². The van der Waals surface area contributed by atoms with Crippen LogP contribution < -0.4 is 5.32 Å². The minimum absolute atomic E-state index is 0.0314. The summed E-state index contributed by atoms with van der Waals surface area (Å²) in [7, 11) is 0. The number of thioether (sulfide) groups is 1. The maximum Gasteiger partial charge on any atom is 0.326 e. The fourth-order valence-electron chi connectivity index (χ4n) is 5.86. The van der Waals surface area contributed by atoms with E-state index >= 15 is 0 Å². The molecule has 228 valence electrons. The van der Waals surface area contributed by atoms with Crippen molar-refractivity contribution in [2.75, 3.05) is 38.3 Å². The quantitative estimate of drug-likeness (QED) is 0.323. The highest BCUT2D eigenvalue weighted by atomic mass is 32.2. The number of carboxylic acid groups (broad SMARTS) is 1. The van der Waals surface area contributed by atoms with Crippen LogP contribution in [0.1, 0.15) is 66.4 Å². The summed E-state index contributed by atoms with van der Waals surface area (Å²) in [6.07, 6.45) is 8.36. The lowest BCUT2D eigenvalue weighted by molar-refractivity contribution is -0.150. The molecule has 2 aromatic carbocycles. The van der Waals surface area contributed by atoms with Crippen LogP contribution in [0.5, 0.6) is 0 Å². The molecule has 0 bridgehead atoms. The molecule has 1 heterocycles. The van der Waals surface area contributed by atoms with Crippen LogP contribution in [0.25, 0.3) is 11.1 Å². The van der Waals surface area contributed by atoms with Crippen LogP contribution in [-0.4, -0.2) is 78.2 Å². The number of ether oxygens (including phenoxy) is 2. The number of rotatable bonds is 13. The highest BCUT2D eigenvalue weighted by Crippen LogP contribution is 2.31. The van der Waals surface area contributed by atoms with Gasteiger partial charge in [0.15, 0.2) is 0 Å². The van der Waals surface area contributed by atoms with Crippen LogP contribution >= 0.6 is 11.8 Å². The number of aryl methyl sites for hydroxylation is 1. The summed E-state index contributed by atoms with van der Waals surface area (Å²) < 4.78 is 11.9. The van der Waals surface area contributed by atoms with Gasteiger partial charge in [0, 0.05) is 18.7 Å². The molecule has 2 aliphatic rings. The molecule has 0 spiro atoms. The summed E-state index contributed by atoms with van der Waals surface area (Å²) in [4.78, 5) is 40.6.